The van der Waals surface area contributed by atoms with Crippen LogP contribution in [0.15, 0.2) is 0 Å². The first kappa shape index (κ1) is 11.6. The van der Waals surface area contributed by atoms with E-state index in [0.717, 1.165) is 6.42 Å². The third kappa shape index (κ3) is 2.53. The van der Waals surface area contributed by atoms with E-state index < -0.39 is 5.97 Å². The van der Waals surface area contributed by atoms with Crippen molar-refractivity contribution in [3.8, 4) is 0 Å². The number of H-pyrrole nitrogens is 1. The molecule has 0 saturated heterocycles. The number of nitrogens with zero attached hydrogens (tertiary/aromatic N) is 2. The van der Waals surface area contributed by atoms with E-state index in [-0.39, 0.29) is 11.8 Å². The summed E-state index contributed by atoms with van der Waals surface area (Å²) in [7, 11) is 1.31. The largest absolute Gasteiger partial charge is 0.464 e. The highest BCUT2D eigenvalue weighted by Gasteiger charge is 2.23. The fourth-order valence-electron chi connectivity index (χ4n) is 1.30. The molecule has 15 heavy (non-hydrogen) atoms. The summed E-state index contributed by atoms with van der Waals surface area (Å²) in [6, 6.07) is 0. The Bertz CT molecular complexity index is 324. The lowest BCUT2D eigenvalue weighted by Crippen LogP contribution is -2.11. The molecular weight excluding hydrogens is 198 g/mol. The Hall–Kier alpha value is -1.43. The molecule has 6 heteroatoms. The Labute approximate surface area is 88.0 Å². The van der Waals surface area contributed by atoms with Crippen LogP contribution in [0.4, 0.5) is 0 Å². The number of esters is 1. The van der Waals surface area contributed by atoms with Gasteiger partial charge in [-0.15, -0.1) is 5.10 Å². The van der Waals surface area contributed by atoms with Gasteiger partial charge in [-0.05, 0) is 13.3 Å². The second kappa shape index (κ2) is 5.45. The maximum absolute atomic E-state index is 11.3. The van der Waals surface area contributed by atoms with Crippen molar-refractivity contribution in [3.05, 3.63) is 11.4 Å². The fourth-order valence-corrected chi connectivity index (χ4v) is 1.30. The third-order valence-electron chi connectivity index (χ3n) is 2.00. The van der Waals surface area contributed by atoms with E-state index in [2.05, 4.69) is 20.1 Å². The summed E-state index contributed by atoms with van der Waals surface area (Å²) in [5.41, 5.74) is 0.698. The van der Waals surface area contributed by atoms with Crippen molar-refractivity contribution in [3.63, 3.8) is 0 Å². The maximum atomic E-state index is 11.3. The van der Waals surface area contributed by atoms with E-state index in [1.54, 1.807) is 0 Å². The van der Waals surface area contributed by atoms with E-state index in [1.807, 2.05) is 13.8 Å². The third-order valence-corrected chi connectivity index (χ3v) is 2.00. The Morgan fingerprint density at radius 3 is 2.73 bits per heavy atom. The van der Waals surface area contributed by atoms with E-state index >= 15 is 0 Å². The van der Waals surface area contributed by atoms with Crippen LogP contribution in [0.1, 0.15) is 42.6 Å². The highest BCUT2D eigenvalue weighted by Crippen LogP contribution is 2.21. The van der Waals surface area contributed by atoms with Crippen LogP contribution in [0.2, 0.25) is 0 Å². The molecule has 1 aromatic rings. The van der Waals surface area contributed by atoms with Gasteiger partial charge in [0.2, 0.25) is 0 Å². The number of hydrogen-bond donors (Lipinski definition) is 1. The first-order valence-electron chi connectivity index (χ1n) is 4.85. The zero-order valence-electron chi connectivity index (χ0n) is 9.11. The van der Waals surface area contributed by atoms with Crippen molar-refractivity contribution in [2.45, 2.75) is 26.4 Å². The van der Waals surface area contributed by atoms with Gasteiger partial charge < -0.3 is 9.47 Å². The summed E-state index contributed by atoms with van der Waals surface area (Å²) in [5, 5.41) is 10.1. The minimum absolute atomic E-state index is 0.192. The molecule has 0 aliphatic rings. The summed E-state index contributed by atoms with van der Waals surface area (Å²) < 4.78 is 10.0. The number of hydrogen-bond acceptors (Lipinski definition) is 5. The number of ether oxygens (including phenoxy) is 2. The summed E-state index contributed by atoms with van der Waals surface area (Å²) in [6.45, 7) is 4.41. The smallest absolute Gasteiger partial charge is 0.360 e. The molecule has 0 amide bonds. The standard InChI is InChI=1S/C9H15N3O3/c1-4-6(15-5-2)7-8(9(13)14-3)11-12-10-7/h6H,4-5H2,1-3H3,(H,10,11,12). The average Bonchev–Trinajstić information content (AvgIpc) is 2.73. The second-order valence-electron chi connectivity index (χ2n) is 2.90. The van der Waals surface area contributed by atoms with Crippen LogP contribution in [0.5, 0.6) is 0 Å². The summed E-state index contributed by atoms with van der Waals surface area (Å²) in [6.07, 6.45) is 0.507. The topological polar surface area (TPSA) is 77.1 Å². The van der Waals surface area contributed by atoms with Gasteiger partial charge in [-0.1, -0.05) is 6.92 Å². The van der Waals surface area contributed by atoms with Crippen LogP contribution >= 0.6 is 0 Å². The monoisotopic (exact) mass is 213 g/mol. The molecule has 1 atom stereocenters. The summed E-state index contributed by atoms with van der Waals surface area (Å²) in [5.74, 6) is -0.503. The molecule has 0 aromatic carbocycles. The molecule has 0 fully saturated rings. The number of carbonyl (C=O) groups is 1. The van der Waals surface area contributed by atoms with E-state index in [9.17, 15) is 4.79 Å². The van der Waals surface area contributed by atoms with Crippen molar-refractivity contribution in [2.24, 2.45) is 0 Å². The second-order valence-corrected chi connectivity index (χ2v) is 2.90. The molecule has 1 aromatic heterocycles. The fraction of sp³-hybridized carbons (Fsp3) is 0.667. The molecule has 0 aliphatic carbocycles. The van der Waals surface area contributed by atoms with Gasteiger partial charge in [-0.2, -0.15) is 10.3 Å². The number of aromatic nitrogens is 3. The van der Waals surface area contributed by atoms with E-state index in [4.69, 9.17) is 4.74 Å². The maximum Gasteiger partial charge on any atom is 0.360 e. The Balaban J connectivity index is 2.91. The van der Waals surface area contributed by atoms with Gasteiger partial charge >= 0.3 is 5.97 Å². The molecule has 1 rings (SSSR count). The van der Waals surface area contributed by atoms with Crippen LogP contribution in [0.3, 0.4) is 0 Å². The molecule has 0 radical (unpaired) electrons. The molecule has 0 aliphatic heterocycles. The molecule has 84 valence electrons. The van der Waals surface area contributed by atoms with Crippen molar-refractivity contribution in [1.29, 1.82) is 0 Å². The van der Waals surface area contributed by atoms with Gasteiger partial charge in [0.15, 0.2) is 5.69 Å². The van der Waals surface area contributed by atoms with Crippen LogP contribution in [-0.2, 0) is 9.47 Å². The Morgan fingerprint density at radius 1 is 1.47 bits per heavy atom. The molecule has 1 heterocycles. The van der Waals surface area contributed by atoms with Crippen molar-refractivity contribution in [2.75, 3.05) is 13.7 Å². The zero-order chi connectivity index (χ0) is 11.3. The average molecular weight is 213 g/mol. The Morgan fingerprint density at radius 2 is 2.20 bits per heavy atom. The van der Waals surface area contributed by atoms with Crippen LogP contribution < -0.4 is 0 Å². The van der Waals surface area contributed by atoms with Gasteiger partial charge in [0.1, 0.15) is 11.8 Å². The minimum Gasteiger partial charge on any atom is -0.464 e. The molecule has 1 N–H and O–H groups in total. The first-order chi connectivity index (χ1) is 7.24. The summed E-state index contributed by atoms with van der Waals surface area (Å²) in [4.78, 5) is 11.3. The Kier molecular flexibility index (Phi) is 4.23. The van der Waals surface area contributed by atoms with Crippen LogP contribution in [0, 0.1) is 0 Å². The molecule has 0 spiro atoms. The number of carbonyl (C=O) groups excluding carboxylic acids is 1. The van der Waals surface area contributed by atoms with Crippen molar-refractivity contribution in [1.82, 2.24) is 15.4 Å². The lowest BCUT2D eigenvalue weighted by Gasteiger charge is -2.12. The minimum atomic E-state index is -0.503. The quantitative estimate of drug-likeness (QED) is 0.740. The van der Waals surface area contributed by atoms with Gasteiger partial charge in [0, 0.05) is 6.61 Å². The number of nitrogens with one attached hydrogen (secondary N) is 1. The predicted molar refractivity (Wildman–Crippen MR) is 52.4 cm³/mol. The number of methoxy groups -OCH3 is 1. The lowest BCUT2D eigenvalue weighted by molar-refractivity contribution is 0.0496. The molecule has 6 nitrogen and oxygen atoms in total. The van der Waals surface area contributed by atoms with Gasteiger partial charge in [0.05, 0.1) is 7.11 Å². The van der Waals surface area contributed by atoms with E-state index in [0.29, 0.717) is 12.3 Å². The number of rotatable bonds is 5. The molecule has 1 unspecified atom stereocenters. The van der Waals surface area contributed by atoms with Gasteiger partial charge in [-0.3, -0.25) is 0 Å². The molecular formula is C9H15N3O3. The predicted octanol–water partition coefficient (Wildman–Crippen LogP) is 1.08. The van der Waals surface area contributed by atoms with Crippen LogP contribution in [0.25, 0.3) is 0 Å². The van der Waals surface area contributed by atoms with Crippen LogP contribution in [-0.4, -0.2) is 35.1 Å². The first-order valence-corrected chi connectivity index (χ1v) is 4.85. The molecule has 0 saturated carbocycles. The van der Waals surface area contributed by atoms with Crippen molar-refractivity contribution < 1.29 is 14.3 Å². The zero-order valence-corrected chi connectivity index (χ0v) is 9.11. The normalized spacial score (nSPS) is 12.5. The SMILES string of the molecule is CCOC(CC)c1n[nH]nc1C(=O)OC. The molecule has 0 bridgehead atoms. The van der Waals surface area contributed by atoms with Gasteiger partial charge in [0.25, 0.3) is 0 Å². The lowest BCUT2D eigenvalue weighted by atomic mass is 10.1. The highest BCUT2D eigenvalue weighted by molar-refractivity contribution is 5.88. The summed E-state index contributed by atoms with van der Waals surface area (Å²) >= 11 is 0. The van der Waals surface area contributed by atoms with Gasteiger partial charge in [-0.25, -0.2) is 4.79 Å². The van der Waals surface area contributed by atoms with Crippen molar-refractivity contribution >= 4 is 5.97 Å². The number of aromatic amines is 1. The highest BCUT2D eigenvalue weighted by atomic mass is 16.5. The van der Waals surface area contributed by atoms with E-state index in [1.165, 1.54) is 7.11 Å².